The molecule has 5 aromatic rings. The first-order valence-electron chi connectivity index (χ1n) is 12.2. The van der Waals surface area contributed by atoms with Crippen LogP contribution in [0.1, 0.15) is 17.7 Å². The van der Waals surface area contributed by atoms with Crippen LogP contribution < -0.4 is 10.1 Å². The van der Waals surface area contributed by atoms with Crippen molar-refractivity contribution in [1.29, 1.82) is 0 Å². The van der Waals surface area contributed by atoms with Crippen molar-refractivity contribution in [3.05, 3.63) is 101 Å². The number of anilines is 2. The molecular weight excluding hydrogens is 541 g/mol. The van der Waals surface area contributed by atoms with Gasteiger partial charge in [-0.1, -0.05) is 23.7 Å². The molecule has 0 atom stereocenters. The second kappa shape index (κ2) is 11.4. The van der Waals surface area contributed by atoms with Crippen LogP contribution >= 0.6 is 11.6 Å². The molecule has 0 spiro atoms. The molecular formula is C29H25ClFN3O4S. The third-order valence-electron chi connectivity index (χ3n) is 6.00. The van der Waals surface area contributed by atoms with Crippen molar-refractivity contribution in [2.45, 2.75) is 19.4 Å². The van der Waals surface area contributed by atoms with Crippen LogP contribution in [0.25, 0.3) is 22.2 Å². The number of hydrogen-bond donors (Lipinski definition) is 1. The Labute approximate surface area is 230 Å². The summed E-state index contributed by atoms with van der Waals surface area (Å²) < 4.78 is 47.9. The van der Waals surface area contributed by atoms with Crippen molar-refractivity contribution in [3.63, 3.8) is 0 Å². The van der Waals surface area contributed by atoms with Gasteiger partial charge < -0.3 is 14.5 Å². The lowest BCUT2D eigenvalue weighted by atomic mass is 10.1. The molecule has 3 aromatic carbocycles. The molecule has 2 aromatic heterocycles. The van der Waals surface area contributed by atoms with E-state index in [1.165, 1.54) is 24.7 Å². The van der Waals surface area contributed by atoms with Gasteiger partial charge in [-0.2, -0.15) is 0 Å². The number of halogens is 2. The minimum atomic E-state index is -3.01. The first-order valence-corrected chi connectivity index (χ1v) is 14.6. The monoisotopic (exact) mass is 565 g/mol. The third-order valence-corrected chi connectivity index (χ3v) is 7.32. The fraction of sp³-hybridized carbons (Fsp3) is 0.172. The lowest BCUT2D eigenvalue weighted by molar-refractivity contribution is 0.306. The Morgan fingerprint density at radius 1 is 1.03 bits per heavy atom. The molecule has 1 N–H and O–H groups in total. The van der Waals surface area contributed by atoms with Gasteiger partial charge in [-0.25, -0.2) is 22.8 Å². The van der Waals surface area contributed by atoms with Gasteiger partial charge in [0.2, 0.25) is 0 Å². The predicted octanol–water partition coefficient (Wildman–Crippen LogP) is 6.98. The topological polar surface area (TPSA) is 94.3 Å². The molecule has 39 heavy (non-hydrogen) atoms. The molecule has 10 heteroatoms. The number of fused-ring (bicyclic) bond motifs is 1. The average Bonchev–Trinajstić information content (AvgIpc) is 3.36. The summed E-state index contributed by atoms with van der Waals surface area (Å²) in [6, 6.07) is 21.0. The van der Waals surface area contributed by atoms with E-state index in [4.69, 9.17) is 20.8 Å². The third kappa shape index (κ3) is 6.93. The smallest absolute Gasteiger partial charge is 0.147 e. The maximum Gasteiger partial charge on any atom is 0.147 e. The highest BCUT2D eigenvalue weighted by Crippen LogP contribution is 2.33. The molecule has 0 fully saturated rings. The Morgan fingerprint density at radius 2 is 1.90 bits per heavy atom. The second-order valence-corrected chi connectivity index (χ2v) is 11.8. The first-order chi connectivity index (χ1) is 18.7. The molecule has 0 amide bonds. The van der Waals surface area contributed by atoms with Gasteiger partial charge in [-0.15, -0.1) is 0 Å². The summed E-state index contributed by atoms with van der Waals surface area (Å²) in [6.45, 7) is 0.190. The largest absolute Gasteiger partial charge is 0.487 e. The summed E-state index contributed by atoms with van der Waals surface area (Å²) in [5, 5.41) is 4.48. The van der Waals surface area contributed by atoms with Gasteiger partial charge in [0.15, 0.2) is 0 Å². The Hall–Kier alpha value is -3.95. The Balaban J connectivity index is 1.32. The van der Waals surface area contributed by atoms with Gasteiger partial charge in [0, 0.05) is 29.3 Å². The molecule has 0 aliphatic rings. The van der Waals surface area contributed by atoms with Gasteiger partial charge in [-0.3, -0.25) is 0 Å². The number of ether oxygens (including phenoxy) is 1. The first kappa shape index (κ1) is 26.6. The van der Waals surface area contributed by atoms with Crippen LogP contribution in [0.15, 0.2) is 83.5 Å². The molecule has 200 valence electrons. The second-order valence-electron chi connectivity index (χ2n) is 9.14. The average molecular weight is 566 g/mol. The van der Waals surface area contributed by atoms with Crippen molar-refractivity contribution >= 4 is 43.8 Å². The molecule has 2 heterocycles. The van der Waals surface area contributed by atoms with Crippen molar-refractivity contribution in [2.24, 2.45) is 0 Å². The van der Waals surface area contributed by atoms with Crippen molar-refractivity contribution in [2.75, 3.05) is 17.3 Å². The van der Waals surface area contributed by atoms with E-state index in [-0.39, 0.29) is 18.2 Å². The van der Waals surface area contributed by atoms with Gasteiger partial charge >= 0.3 is 0 Å². The molecule has 7 nitrogen and oxygen atoms in total. The molecule has 0 aliphatic carbocycles. The van der Waals surface area contributed by atoms with E-state index in [9.17, 15) is 12.8 Å². The highest BCUT2D eigenvalue weighted by molar-refractivity contribution is 7.90. The predicted molar refractivity (Wildman–Crippen MR) is 151 cm³/mol. The minimum absolute atomic E-state index is 0.121. The summed E-state index contributed by atoms with van der Waals surface area (Å²) in [7, 11) is -3.01. The van der Waals surface area contributed by atoms with E-state index in [0.29, 0.717) is 46.4 Å². The van der Waals surface area contributed by atoms with E-state index in [0.717, 1.165) is 22.2 Å². The van der Waals surface area contributed by atoms with Gasteiger partial charge in [-0.05, 0) is 72.6 Å². The maximum atomic E-state index is 13.4. The number of nitrogens with one attached hydrogen (secondary N) is 1. The molecule has 0 saturated carbocycles. The van der Waals surface area contributed by atoms with E-state index >= 15 is 0 Å². The van der Waals surface area contributed by atoms with Crippen LogP contribution in [0.2, 0.25) is 5.02 Å². The van der Waals surface area contributed by atoms with Crippen molar-refractivity contribution in [1.82, 2.24) is 9.97 Å². The zero-order chi connectivity index (χ0) is 27.4. The van der Waals surface area contributed by atoms with Crippen LogP contribution in [0, 0.1) is 5.82 Å². The van der Waals surface area contributed by atoms with E-state index in [1.807, 2.05) is 36.4 Å². The zero-order valence-electron chi connectivity index (χ0n) is 21.0. The summed E-state index contributed by atoms with van der Waals surface area (Å²) in [6.07, 6.45) is 3.76. The highest BCUT2D eigenvalue weighted by atomic mass is 35.5. The molecule has 0 unspecified atom stereocenters. The number of rotatable bonds is 10. The quantitative estimate of drug-likeness (QED) is 0.195. The normalized spacial score (nSPS) is 11.6. The van der Waals surface area contributed by atoms with Crippen LogP contribution in [-0.4, -0.2) is 30.4 Å². The van der Waals surface area contributed by atoms with E-state index < -0.39 is 9.84 Å². The summed E-state index contributed by atoms with van der Waals surface area (Å²) >= 11 is 6.46. The molecule has 0 saturated heterocycles. The SMILES string of the molecule is CS(=O)(=O)CCCc1ccc(-c2ccc3ncnc(Nc4ccc(OCc5cccc(F)c5)c(Cl)c4)c3c2)o1. The summed E-state index contributed by atoms with van der Waals surface area (Å²) in [4.78, 5) is 8.79. The fourth-order valence-corrected chi connectivity index (χ4v) is 5.01. The van der Waals surface area contributed by atoms with Crippen molar-refractivity contribution < 1.29 is 22.0 Å². The van der Waals surface area contributed by atoms with Crippen LogP contribution in [0.3, 0.4) is 0 Å². The lowest BCUT2D eigenvalue weighted by Crippen LogP contribution is -2.03. The van der Waals surface area contributed by atoms with Crippen molar-refractivity contribution in [3.8, 4) is 17.1 Å². The van der Waals surface area contributed by atoms with Gasteiger partial charge in [0.1, 0.15) is 51.7 Å². The Bertz CT molecular complexity index is 1740. The lowest BCUT2D eigenvalue weighted by Gasteiger charge is -2.12. The number of nitrogens with zero attached hydrogens (tertiary/aromatic N) is 2. The number of sulfone groups is 1. The summed E-state index contributed by atoms with van der Waals surface area (Å²) in [5.41, 5.74) is 3.00. The fourth-order valence-electron chi connectivity index (χ4n) is 4.11. The highest BCUT2D eigenvalue weighted by Gasteiger charge is 2.12. The van der Waals surface area contributed by atoms with Gasteiger partial charge in [0.05, 0.1) is 16.3 Å². The molecule has 0 radical (unpaired) electrons. The molecule has 0 bridgehead atoms. The number of furan rings is 1. The molecule has 0 aliphatic heterocycles. The maximum absolute atomic E-state index is 13.4. The number of hydrogen-bond acceptors (Lipinski definition) is 7. The number of aromatic nitrogens is 2. The van der Waals surface area contributed by atoms with Gasteiger partial charge in [0.25, 0.3) is 0 Å². The number of aryl methyl sites for hydroxylation is 1. The van der Waals surface area contributed by atoms with Crippen LogP contribution in [-0.2, 0) is 22.9 Å². The Morgan fingerprint density at radius 3 is 2.69 bits per heavy atom. The van der Waals surface area contributed by atoms with Crippen LogP contribution in [0.4, 0.5) is 15.9 Å². The minimum Gasteiger partial charge on any atom is -0.487 e. The zero-order valence-corrected chi connectivity index (χ0v) is 22.6. The van der Waals surface area contributed by atoms with E-state index in [2.05, 4.69) is 15.3 Å². The Kier molecular flexibility index (Phi) is 7.81. The van der Waals surface area contributed by atoms with Crippen LogP contribution in [0.5, 0.6) is 5.75 Å². The summed E-state index contributed by atoms with van der Waals surface area (Å²) in [5.74, 6) is 2.27. The number of benzene rings is 3. The molecule has 5 rings (SSSR count). The standard InChI is InChI=1S/C29H25ClFN3O4S/c1-39(35,36)13-3-6-23-9-12-27(38-23)20-7-10-26-24(15-20)29(33-18-32-26)34-22-8-11-28(25(30)16-22)37-17-19-4-2-5-21(31)14-19/h2,4-5,7-12,14-16,18H,3,6,13,17H2,1H3,(H,32,33,34). The van der Waals surface area contributed by atoms with E-state index in [1.54, 1.807) is 24.3 Å².